The van der Waals surface area contributed by atoms with Crippen LogP contribution < -0.4 is 11.2 Å². The van der Waals surface area contributed by atoms with Gasteiger partial charge in [-0.1, -0.05) is 23.8 Å². The lowest BCUT2D eigenvalue weighted by Gasteiger charge is -1.96. The second-order valence-electron chi connectivity index (χ2n) is 5.10. The number of nitro groups is 1. The normalized spacial score (nSPS) is 11.6. The summed E-state index contributed by atoms with van der Waals surface area (Å²) in [4.78, 5) is 10.1. The highest BCUT2D eigenvalue weighted by atomic mass is 79.9. The van der Waals surface area contributed by atoms with Crippen molar-refractivity contribution in [2.75, 3.05) is 0 Å². The van der Waals surface area contributed by atoms with Crippen molar-refractivity contribution in [3.05, 3.63) is 68.2 Å². The molecule has 0 bridgehead atoms. The minimum absolute atomic E-state index is 0.0666. The third kappa shape index (κ3) is 7.79. The van der Waals surface area contributed by atoms with Gasteiger partial charge in [-0.3, -0.25) is 19.9 Å². The molecule has 11 nitrogen and oxygen atoms in total. The molecule has 0 saturated carbocycles. The number of nitrogens with zero attached hydrogens (tertiary/aromatic N) is 3. The first-order chi connectivity index (χ1) is 13.0. The van der Waals surface area contributed by atoms with Gasteiger partial charge >= 0.3 is 0 Å². The van der Waals surface area contributed by atoms with Crippen LogP contribution in [0.15, 0.2) is 62.0 Å². The Bertz CT molecular complexity index is 992. The van der Waals surface area contributed by atoms with Gasteiger partial charge in [0.25, 0.3) is 15.8 Å². The molecule has 0 saturated heterocycles. The van der Waals surface area contributed by atoms with Gasteiger partial charge < -0.3 is 5.73 Å². The Kier molecular flexibility index (Phi) is 8.66. The highest BCUT2D eigenvalue weighted by Crippen LogP contribution is 2.24. The van der Waals surface area contributed by atoms with Crippen LogP contribution in [0, 0.1) is 17.0 Å². The lowest BCUT2D eigenvalue weighted by Crippen LogP contribution is -2.27. The van der Waals surface area contributed by atoms with Crippen molar-refractivity contribution in [2.45, 2.75) is 11.8 Å². The van der Waals surface area contributed by atoms with Gasteiger partial charge in [-0.05, 0) is 41.1 Å². The number of nitro benzene ring substituents is 1. The zero-order chi connectivity index (χ0) is 21.3. The van der Waals surface area contributed by atoms with Gasteiger partial charge in [-0.2, -0.15) is 13.5 Å². The van der Waals surface area contributed by atoms with E-state index in [2.05, 4.69) is 26.1 Å². The summed E-state index contributed by atoms with van der Waals surface area (Å²) < 4.78 is 29.9. The summed E-state index contributed by atoms with van der Waals surface area (Å²) in [6, 6.07) is 10.4. The van der Waals surface area contributed by atoms with Crippen molar-refractivity contribution in [1.82, 2.24) is 5.48 Å². The average molecular weight is 474 g/mol. The maximum absolute atomic E-state index is 10.6. The number of nitrogens with one attached hydrogen (secondary N) is 1. The summed E-state index contributed by atoms with van der Waals surface area (Å²) in [5, 5.41) is 25.8. The molecule has 2 aromatic carbocycles. The summed E-state index contributed by atoms with van der Waals surface area (Å²) in [5.41, 5.74) is 8.05. The number of aryl methyl sites for hydroxylation is 1. The van der Waals surface area contributed by atoms with Crippen LogP contribution in [0.2, 0.25) is 0 Å². The minimum Gasteiger partial charge on any atom is -0.367 e. The second-order valence-corrected chi connectivity index (χ2v) is 7.37. The number of hydrogen-bond donors (Lipinski definition) is 4. The van der Waals surface area contributed by atoms with Crippen molar-refractivity contribution < 1.29 is 23.1 Å². The Labute approximate surface area is 168 Å². The largest absolute Gasteiger partial charge is 0.367 e. The number of halogens is 1. The second kappa shape index (κ2) is 10.5. The van der Waals surface area contributed by atoms with Crippen molar-refractivity contribution in [3.63, 3.8) is 0 Å². The maximum atomic E-state index is 10.6. The van der Waals surface area contributed by atoms with E-state index in [9.17, 15) is 18.5 Å². The molecule has 0 amide bonds. The molecule has 150 valence electrons. The number of benzene rings is 2. The van der Waals surface area contributed by atoms with Crippen LogP contribution in [0.4, 0.5) is 5.69 Å². The SMILES string of the molecule is Cc1ccc(S(=O)(=O)O)cc1.NC(=N/N=C/c1ccc(Br)c([N+](=O)[O-])c1)NO. The Morgan fingerprint density at radius 3 is 2.39 bits per heavy atom. The molecule has 0 aliphatic heterocycles. The molecule has 0 aromatic heterocycles. The fourth-order valence-electron chi connectivity index (χ4n) is 1.64. The number of hydroxylamine groups is 1. The Morgan fingerprint density at radius 1 is 1.29 bits per heavy atom. The fraction of sp³-hybridized carbons (Fsp3) is 0.0667. The maximum Gasteiger partial charge on any atom is 0.294 e. The molecule has 0 atom stereocenters. The van der Waals surface area contributed by atoms with Gasteiger partial charge in [-0.15, -0.1) is 5.10 Å². The summed E-state index contributed by atoms with van der Waals surface area (Å²) in [6.45, 7) is 1.84. The van der Waals surface area contributed by atoms with E-state index >= 15 is 0 Å². The monoisotopic (exact) mass is 473 g/mol. The van der Waals surface area contributed by atoms with Gasteiger partial charge in [0.2, 0.25) is 5.96 Å². The van der Waals surface area contributed by atoms with Gasteiger partial charge in [0.1, 0.15) is 0 Å². The predicted molar refractivity (Wildman–Crippen MR) is 106 cm³/mol. The Balaban J connectivity index is 0.000000307. The predicted octanol–water partition coefficient (Wildman–Crippen LogP) is 2.23. The van der Waals surface area contributed by atoms with Gasteiger partial charge in [0.15, 0.2) is 0 Å². The first-order valence-corrected chi connectivity index (χ1v) is 9.52. The highest BCUT2D eigenvalue weighted by molar-refractivity contribution is 9.10. The summed E-state index contributed by atoms with van der Waals surface area (Å²) in [5.74, 6) is -0.284. The van der Waals surface area contributed by atoms with E-state index in [0.717, 1.165) is 5.56 Å². The smallest absolute Gasteiger partial charge is 0.294 e. The van der Waals surface area contributed by atoms with E-state index in [1.807, 2.05) is 6.92 Å². The molecule has 13 heteroatoms. The topological polar surface area (TPSA) is 181 Å². The zero-order valence-electron chi connectivity index (χ0n) is 14.4. The minimum atomic E-state index is -4.02. The molecule has 2 rings (SSSR count). The van der Waals surface area contributed by atoms with Crippen LogP contribution in [-0.4, -0.2) is 35.3 Å². The van der Waals surface area contributed by atoms with E-state index in [1.165, 1.54) is 30.5 Å². The third-order valence-corrected chi connectivity index (χ3v) is 4.51. The molecule has 0 spiro atoms. The molecule has 0 radical (unpaired) electrons. The van der Waals surface area contributed by atoms with E-state index < -0.39 is 15.0 Å². The summed E-state index contributed by atoms with van der Waals surface area (Å²) in [6.07, 6.45) is 1.27. The van der Waals surface area contributed by atoms with Crippen molar-refractivity contribution in [3.8, 4) is 0 Å². The average Bonchev–Trinajstić information content (AvgIpc) is 2.62. The molecule has 28 heavy (non-hydrogen) atoms. The van der Waals surface area contributed by atoms with Crippen LogP contribution in [-0.2, 0) is 10.1 Å². The van der Waals surface area contributed by atoms with Gasteiger partial charge in [-0.25, -0.2) is 5.48 Å². The number of guanidine groups is 1. The number of nitrogens with two attached hydrogens (primary N) is 1. The third-order valence-electron chi connectivity index (χ3n) is 2.97. The lowest BCUT2D eigenvalue weighted by molar-refractivity contribution is -0.385. The van der Waals surface area contributed by atoms with E-state index in [4.69, 9.17) is 15.5 Å². The van der Waals surface area contributed by atoms with Crippen LogP contribution in [0.5, 0.6) is 0 Å². The molecule has 0 fully saturated rings. The fourth-order valence-corrected chi connectivity index (χ4v) is 2.51. The Hall–Kier alpha value is -2.87. The van der Waals surface area contributed by atoms with E-state index in [-0.39, 0.29) is 16.5 Å². The lowest BCUT2D eigenvalue weighted by atomic mass is 10.2. The molecule has 5 N–H and O–H groups in total. The quantitative estimate of drug-likeness (QED) is 0.171. The molecule has 0 aliphatic rings. The zero-order valence-corrected chi connectivity index (χ0v) is 16.8. The first-order valence-electron chi connectivity index (χ1n) is 7.29. The highest BCUT2D eigenvalue weighted by Gasteiger charge is 2.11. The Morgan fingerprint density at radius 2 is 1.89 bits per heavy atom. The molecular formula is C15H16BrN5O6S. The first kappa shape index (κ1) is 23.2. The molecule has 0 heterocycles. The number of hydrogen-bond acceptors (Lipinski definition) is 7. The van der Waals surface area contributed by atoms with Crippen LogP contribution in [0.3, 0.4) is 0 Å². The molecular weight excluding hydrogens is 458 g/mol. The van der Waals surface area contributed by atoms with Crippen LogP contribution in [0.1, 0.15) is 11.1 Å². The summed E-state index contributed by atoms with van der Waals surface area (Å²) >= 11 is 3.06. The van der Waals surface area contributed by atoms with E-state index in [1.54, 1.807) is 23.7 Å². The van der Waals surface area contributed by atoms with Gasteiger partial charge in [0.05, 0.1) is 20.5 Å². The number of rotatable bonds is 4. The summed E-state index contributed by atoms with van der Waals surface area (Å²) in [7, 11) is -4.02. The van der Waals surface area contributed by atoms with Crippen molar-refractivity contribution in [1.29, 1.82) is 0 Å². The van der Waals surface area contributed by atoms with Gasteiger partial charge in [0, 0.05) is 11.6 Å². The van der Waals surface area contributed by atoms with Crippen LogP contribution >= 0.6 is 15.9 Å². The molecule has 0 unspecified atom stereocenters. The van der Waals surface area contributed by atoms with Crippen LogP contribution in [0.25, 0.3) is 0 Å². The molecule has 2 aromatic rings. The van der Waals surface area contributed by atoms with Crippen molar-refractivity contribution >= 4 is 43.9 Å². The molecule has 0 aliphatic carbocycles. The standard InChI is InChI=1S/C8H8BrN5O3.C7H8O3S/c9-6-2-1-5(3-7(6)14(16)17)4-11-12-8(10)13-15;1-6-2-4-7(5-3-6)11(8,9)10/h1-4,15H,(H3,10,12,13);2-5H,1H3,(H,8,9,10)/b11-4+;. The van der Waals surface area contributed by atoms with Crippen molar-refractivity contribution in [2.24, 2.45) is 15.9 Å². The van der Waals surface area contributed by atoms with E-state index in [0.29, 0.717) is 10.0 Å².